The van der Waals surface area contributed by atoms with Crippen LogP contribution in [0.15, 0.2) is 12.1 Å². The first-order chi connectivity index (χ1) is 7.99. The summed E-state index contributed by atoms with van der Waals surface area (Å²) in [4.78, 5) is 11.0. The van der Waals surface area contributed by atoms with E-state index in [0.29, 0.717) is 12.8 Å². The second kappa shape index (κ2) is 5.71. The lowest BCUT2D eigenvalue weighted by molar-refractivity contribution is -0.141. The minimum Gasteiger partial charge on any atom is -0.496 e. The lowest BCUT2D eigenvalue weighted by atomic mass is 9.93. The maximum absolute atomic E-state index is 11.0. The first kappa shape index (κ1) is 13.6. The Bertz CT molecular complexity index is 410. The average Bonchev–Trinajstić information content (AvgIpc) is 2.29. The Balaban J connectivity index is 2.99. The van der Waals surface area contributed by atoms with Gasteiger partial charge in [0.1, 0.15) is 5.75 Å². The molecule has 1 unspecified atom stereocenters. The van der Waals surface area contributed by atoms with Crippen LogP contribution in [-0.4, -0.2) is 18.2 Å². The zero-order valence-corrected chi connectivity index (χ0v) is 10.9. The Hall–Kier alpha value is -1.51. The van der Waals surface area contributed by atoms with E-state index < -0.39 is 5.97 Å². The number of rotatable bonds is 5. The molecule has 0 heterocycles. The summed E-state index contributed by atoms with van der Waals surface area (Å²) < 4.78 is 5.24. The van der Waals surface area contributed by atoms with Gasteiger partial charge in [0.15, 0.2) is 0 Å². The summed E-state index contributed by atoms with van der Waals surface area (Å²) in [6.07, 6.45) is 1.24. The van der Waals surface area contributed by atoms with Crippen LogP contribution in [0.25, 0.3) is 0 Å². The Labute approximate surface area is 102 Å². The van der Waals surface area contributed by atoms with Crippen LogP contribution in [0.2, 0.25) is 0 Å². The lowest BCUT2D eigenvalue weighted by Gasteiger charge is -2.14. The van der Waals surface area contributed by atoms with Crippen LogP contribution in [-0.2, 0) is 11.2 Å². The summed E-state index contributed by atoms with van der Waals surface area (Å²) in [6.45, 7) is 5.87. The zero-order chi connectivity index (χ0) is 13.0. The molecule has 0 saturated heterocycles. The Kier molecular flexibility index (Phi) is 4.55. The number of aryl methyl sites for hydroxylation is 2. The number of hydrogen-bond acceptors (Lipinski definition) is 2. The second-order valence-corrected chi connectivity index (χ2v) is 4.40. The quantitative estimate of drug-likeness (QED) is 0.855. The highest BCUT2D eigenvalue weighted by Crippen LogP contribution is 2.25. The molecule has 0 aliphatic rings. The third-order valence-electron chi connectivity index (χ3n) is 3.16. The summed E-state index contributed by atoms with van der Waals surface area (Å²) in [5.74, 6) is -0.170. The van der Waals surface area contributed by atoms with Gasteiger partial charge < -0.3 is 9.84 Å². The number of carboxylic acids is 1. The minimum atomic E-state index is -0.722. The molecule has 0 aliphatic heterocycles. The number of hydrogen-bond donors (Lipinski definition) is 1. The van der Waals surface area contributed by atoms with Gasteiger partial charge >= 0.3 is 5.97 Å². The zero-order valence-electron chi connectivity index (χ0n) is 10.9. The molecule has 0 aliphatic carbocycles. The van der Waals surface area contributed by atoms with Crippen molar-refractivity contribution in [3.63, 3.8) is 0 Å². The van der Waals surface area contributed by atoms with Gasteiger partial charge in [0, 0.05) is 0 Å². The topological polar surface area (TPSA) is 46.5 Å². The van der Waals surface area contributed by atoms with Crippen molar-refractivity contribution in [2.24, 2.45) is 5.92 Å². The first-order valence-electron chi connectivity index (χ1n) is 5.86. The van der Waals surface area contributed by atoms with Gasteiger partial charge in [-0.05, 0) is 49.4 Å². The number of methoxy groups -OCH3 is 1. The average molecular weight is 236 g/mol. The molecular weight excluding hydrogens is 216 g/mol. The molecule has 17 heavy (non-hydrogen) atoms. The van der Waals surface area contributed by atoms with Crippen LogP contribution in [0.1, 0.15) is 30.0 Å². The summed E-state index contributed by atoms with van der Waals surface area (Å²) >= 11 is 0. The van der Waals surface area contributed by atoms with Gasteiger partial charge in [-0.3, -0.25) is 4.79 Å². The highest BCUT2D eigenvalue weighted by molar-refractivity contribution is 5.70. The number of benzene rings is 1. The van der Waals surface area contributed by atoms with Gasteiger partial charge in [-0.15, -0.1) is 0 Å². The Morgan fingerprint density at radius 2 is 2.00 bits per heavy atom. The Morgan fingerprint density at radius 3 is 2.47 bits per heavy atom. The number of carboxylic acid groups (broad SMARTS) is 1. The van der Waals surface area contributed by atoms with E-state index >= 15 is 0 Å². The molecule has 3 nitrogen and oxygen atoms in total. The molecule has 94 valence electrons. The van der Waals surface area contributed by atoms with Crippen molar-refractivity contribution in [2.45, 2.75) is 33.6 Å². The molecule has 0 spiro atoms. The number of ether oxygens (including phenoxy) is 1. The molecular formula is C14H20O3. The highest BCUT2D eigenvalue weighted by Gasteiger charge is 2.17. The normalized spacial score (nSPS) is 12.2. The fourth-order valence-electron chi connectivity index (χ4n) is 1.96. The molecule has 1 N–H and O–H groups in total. The smallest absolute Gasteiger partial charge is 0.306 e. The van der Waals surface area contributed by atoms with Crippen LogP contribution in [0.3, 0.4) is 0 Å². The third kappa shape index (κ3) is 3.22. The van der Waals surface area contributed by atoms with E-state index in [1.165, 1.54) is 0 Å². The van der Waals surface area contributed by atoms with E-state index in [0.717, 1.165) is 22.4 Å². The van der Waals surface area contributed by atoms with Crippen molar-refractivity contribution in [1.29, 1.82) is 0 Å². The predicted octanol–water partition coefficient (Wildman–Crippen LogP) is 2.97. The largest absolute Gasteiger partial charge is 0.496 e. The van der Waals surface area contributed by atoms with Crippen molar-refractivity contribution in [2.75, 3.05) is 7.11 Å². The predicted molar refractivity (Wildman–Crippen MR) is 67.6 cm³/mol. The van der Waals surface area contributed by atoms with Crippen LogP contribution < -0.4 is 4.74 Å². The summed E-state index contributed by atoms with van der Waals surface area (Å²) in [5, 5.41) is 9.07. The molecule has 1 aromatic rings. The van der Waals surface area contributed by atoms with E-state index in [-0.39, 0.29) is 5.92 Å². The molecule has 0 bridgehead atoms. The van der Waals surface area contributed by atoms with Crippen LogP contribution in [0, 0.1) is 19.8 Å². The van der Waals surface area contributed by atoms with Crippen molar-refractivity contribution < 1.29 is 14.6 Å². The molecule has 0 fully saturated rings. The molecule has 1 rings (SSSR count). The van der Waals surface area contributed by atoms with Crippen molar-refractivity contribution in [3.05, 3.63) is 28.8 Å². The molecule has 3 heteroatoms. The van der Waals surface area contributed by atoms with Crippen LogP contribution in [0.4, 0.5) is 0 Å². The standard InChI is InChI=1S/C14H20O3/c1-5-11(14(15)16)8-12-6-10(3)13(17-4)7-9(12)2/h6-7,11H,5,8H2,1-4H3,(H,15,16). The molecule has 0 amide bonds. The molecule has 0 aromatic heterocycles. The van der Waals surface area contributed by atoms with Crippen molar-refractivity contribution >= 4 is 5.97 Å². The van der Waals surface area contributed by atoms with E-state index in [2.05, 4.69) is 0 Å². The van der Waals surface area contributed by atoms with E-state index in [9.17, 15) is 4.79 Å². The monoisotopic (exact) mass is 236 g/mol. The van der Waals surface area contributed by atoms with Gasteiger partial charge in [0.25, 0.3) is 0 Å². The lowest BCUT2D eigenvalue weighted by Crippen LogP contribution is -2.16. The fourth-order valence-corrected chi connectivity index (χ4v) is 1.96. The fraction of sp³-hybridized carbons (Fsp3) is 0.500. The van der Waals surface area contributed by atoms with Gasteiger partial charge in [0.05, 0.1) is 13.0 Å². The molecule has 1 aromatic carbocycles. The second-order valence-electron chi connectivity index (χ2n) is 4.40. The summed E-state index contributed by atoms with van der Waals surface area (Å²) in [6, 6.07) is 4.00. The molecule has 1 atom stereocenters. The third-order valence-corrected chi connectivity index (χ3v) is 3.16. The molecule has 0 saturated carbocycles. The summed E-state index contributed by atoms with van der Waals surface area (Å²) in [5.41, 5.74) is 3.23. The van der Waals surface area contributed by atoms with Gasteiger partial charge in [0.2, 0.25) is 0 Å². The number of aliphatic carboxylic acids is 1. The first-order valence-corrected chi connectivity index (χ1v) is 5.86. The summed E-state index contributed by atoms with van der Waals surface area (Å²) in [7, 11) is 1.65. The SMILES string of the molecule is CCC(Cc1cc(C)c(OC)cc1C)C(=O)O. The van der Waals surface area contributed by atoms with Gasteiger partial charge in [-0.25, -0.2) is 0 Å². The maximum Gasteiger partial charge on any atom is 0.306 e. The number of carbonyl (C=O) groups is 1. The van der Waals surface area contributed by atoms with E-state index in [1.54, 1.807) is 7.11 Å². The van der Waals surface area contributed by atoms with Gasteiger partial charge in [-0.1, -0.05) is 13.0 Å². The van der Waals surface area contributed by atoms with E-state index in [1.807, 2.05) is 32.9 Å². The van der Waals surface area contributed by atoms with Crippen LogP contribution >= 0.6 is 0 Å². The van der Waals surface area contributed by atoms with E-state index in [4.69, 9.17) is 9.84 Å². The van der Waals surface area contributed by atoms with Crippen LogP contribution in [0.5, 0.6) is 5.75 Å². The molecule has 0 radical (unpaired) electrons. The minimum absolute atomic E-state index is 0.304. The highest BCUT2D eigenvalue weighted by atomic mass is 16.5. The van der Waals surface area contributed by atoms with Gasteiger partial charge in [-0.2, -0.15) is 0 Å². The van der Waals surface area contributed by atoms with Crippen molar-refractivity contribution in [1.82, 2.24) is 0 Å². The van der Waals surface area contributed by atoms with Crippen molar-refractivity contribution in [3.8, 4) is 5.75 Å². The Morgan fingerprint density at radius 1 is 1.35 bits per heavy atom. The maximum atomic E-state index is 11.0.